The maximum absolute atomic E-state index is 13.3. The van der Waals surface area contributed by atoms with Crippen LogP contribution in [-0.2, 0) is 45.2 Å². The summed E-state index contributed by atoms with van der Waals surface area (Å²) in [6.07, 6.45) is -5.27. The standard InChI is InChI=1S/C31H33NO9.C2HF3O2/c1-17(38-29(35)25(39-18(2)33)19-8-6-5-7-9-19)28(34)40-22-12-13-31(36)23-16-20-10-11-21(37-4)26-24(20)30(31,27(22)41-26)14-15-32(23)3;3-2(4,5)1(6)7/h5-12,17,23,25,27,36H,13-16H2,1-4H3;(H,6,7)/t17?,23-,25+,27+,30+,31-;/m1./s1. The van der Waals surface area contributed by atoms with Gasteiger partial charge in [-0.3, -0.25) is 4.79 Å². The number of hydrogen-bond donors (Lipinski definition) is 2. The van der Waals surface area contributed by atoms with Crippen molar-refractivity contribution >= 4 is 23.9 Å². The first kappa shape index (κ1) is 34.7. The fraction of sp³-hybridized carbons (Fsp3) is 0.455. The van der Waals surface area contributed by atoms with Crippen LogP contribution in [-0.4, -0.2) is 89.7 Å². The highest BCUT2D eigenvalue weighted by Gasteiger charge is 2.72. The minimum Gasteiger partial charge on any atom is -0.493 e. The molecule has 4 aliphatic rings. The number of ether oxygens (including phenoxy) is 5. The number of carboxylic acids is 1. The number of likely N-dealkylation sites (tertiary alicyclic amines) is 1. The fourth-order valence-electron chi connectivity index (χ4n) is 7.12. The molecule has 0 amide bonds. The largest absolute Gasteiger partial charge is 0.493 e. The number of nitrogens with zero attached hydrogens (tertiary/aromatic N) is 1. The van der Waals surface area contributed by atoms with E-state index in [0.717, 1.165) is 17.7 Å². The molecule has 0 aromatic heterocycles. The molecule has 6 rings (SSSR count). The third-order valence-corrected chi connectivity index (χ3v) is 9.24. The number of benzene rings is 2. The van der Waals surface area contributed by atoms with Crippen LogP contribution in [0.1, 0.15) is 49.5 Å². The lowest BCUT2D eigenvalue weighted by Gasteiger charge is -2.61. The molecule has 1 saturated heterocycles. The summed E-state index contributed by atoms with van der Waals surface area (Å²) in [5, 5.41) is 19.4. The smallest absolute Gasteiger partial charge is 0.490 e. The van der Waals surface area contributed by atoms with Crippen LogP contribution in [0.3, 0.4) is 0 Å². The van der Waals surface area contributed by atoms with E-state index < -0.39 is 59.4 Å². The summed E-state index contributed by atoms with van der Waals surface area (Å²) in [7, 11) is 3.59. The third kappa shape index (κ3) is 5.85. The highest BCUT2D eigenvalue weighted by Crippen LogP contribution is 2.65. The van der Waals surface area contributed by atoms with E-state index in [1.165, 1.54) is 13.8 Å². The van der Waals surface area contributed by atoms with E-state index in [-0.39, 0.29) is 18.2 Å². The summed E-state index contributed by atoms with van der Waals surface area (Å²) in [6, 6.07) is 12.2. The number of piperidine rings is 1. The van der Waals surface area contributed by atoms with Gasteiger partial charge in [0.1, 0.15) is 5.76 Å². The van der Waals surface area contributed by atoms with E-state index in [4.69, 9.17) is 33.6 Å². The highest BCUT2D eigenvalue weighted by molar-refractivity contribution is 5.84. The number of aliphatic hydroxyl groups is 1. The van der Waals surface area contributed by atoms with Crippen LogP contribution < -0.4 is 9.47 Å². The third-order valence-electron chi connectivity index (χ3n) is 9.24. The second-order valence-electron chi connectivity index (χ2n) is 12.0. The molecule has 0 radical (unpaired) electrons. The molecule has 15 heteroatoms. The van der Waals surface area contributed by atoms with Gasteiger partial charge in [-0.25, -0.2) is 14.4 Å². The second kappa shape index (κ2) is 12.8. The Hall–Kier alpha value is -4.63. The molecule has 1 spiro atoms. The predicted molar refractivity (Wildman–Crippen MR) is 158 cm³/mol. The molecule has 1 unspecified atom stereocenters. The Balaban J connectivity index is 0.000000582. The molecule has 2 aliphatic heterocycles. The Labute approximate surface area is 273 Å². The Morgan fingerprint density at radius 1 is 1.06 bits per heavy atom. The van der Waals surface area contributed by atoms with E-state index in [0.29, 0.717) is 29.9 Å². The van der Waals surface area contributed by atoms with Crippen LogP contribution in [0.5, 0.6) is 11.5 Å². The van der Waals surface area contributed by atoms with Gasteiger partial charge >= 0.3 is 30.1 Å². The van der Waals surface area contributed by atoms with Gasteiger partial charge in [0.15, 0.2) is 23.7 Å². The topological polar surface area (TPSA) is 158 Å². The van der Waals surface area contributed by atoms with Crippen molar-refractivity contribution in [1.29, 1.82) is 0 Å². The molecule has 2 bridgehead atoms. The van der Waals surface area contributed by atoms with Gasteiger partial charge in [-0.1, -0.05) is 36.4 Å². The maximum Gasteiger partial charge on any atom is 0.490 e. The van der Waals surface area contributed by atoms with Gasteiger partial charge in [0.05, 0.1) is 18.1 Å². The number of carboxylic acid groups (broad SMARTS) is 1. The Bertz CT molecular complexity index is 1650. The number of carbonyl (C=O) groups excluding carboxylic acids is 3. The maximum atomic E-state index is 13.3. The molecule has 6 atom stereocenters. The number of methoxy groups -OCH3 is 1. The van der Waals surface area contributed by atoms with Gasteiger partial charge in [0.25, 0.3) is 0 Å². The average molecular weight is 678 g/mol. The molecule has 2 aliphatic carbocycles. The van der Waals surface area contributed by atoms with Crippen molar-refractivity contribution in [2.45, 2.75) is 74.7 Å². The molecule has 2 aromatic rings. The van der Waals surface area contributed by atoms with Crippen LogP contribution in [0.15, 0.2) is 54.3 Å². The summed E-state index contributed by atoms with van der Waals surface area (Å²) in [6.45, 7) is 3.32. The zero-order valence-corrected chi connectivity index (χ0v) is 26.4. The van der Waals surface area contributed by atoms with Crippen LogP contribution in [0, 0.1) is 0 Å². The van der Waals surface area contributed by atoms with Gasteiger partial charge in [-0.15, -0.1) is 0 Å². The van der Waals surface area contributed by atoms with Crippen LogP contribution in [0.25, 0.3) is 0 Å². The predicted octanol–water partition coefficient (Wildman–Crippen LogP) is 3.39. The zero-order chi connectivity index (χ0) is 35.2. The monoisotopic (exact) mass is 677 g/mol. The minimum atomic E-state index is -5.08. The molecule has 2 heterocycles. The second-order valence-corrected chi connectivity index (χ2v) is 12.0. The van der Waals surface area contributed by atoms with Crippen LogP contribution >= 0.6 is 0 Å². The van der Waals surface area contributed by atoms with Crippen molar-refractivity contribution in [1.82, 2.24) is 4.90 Å². The Morgan fingerprint density at radius 2 is 1.73 bits per heavy atom. The molecule has 0 saturated carbocycles. The number of carbonyl (C=O) groups is 4. The lowest BCUT2D eigenvalue weighted by molar-refractivity contribution is -0.192. The van der Waals surface area contributed by atoms with Crippen molar-refractivity contribution in [3.8, 4) is 11.5 Å². The van der Waals surface area contributed by atoms with Gasteiger partial charge in [-0.2, -0.15) is 13.2 Å². The SMILES string of the molecule is COc1ccc2c3c1O[C@H]1C(OC(=O)C(C)OC(=O)[C@@H](OC(C)=O)c4ccccc4)=CC[C@@]4(O)[C@@H](C2)N(C)CC[C@]314.O=C(O)C(F)(F)F. The first-order valence-corrected chi connectivity index (χ1v) is 15.0. The van der Waals surface area contributed by atoms with E-state index in [2.05, 4.69) is 4.90 Å². The van der Waals surface area contributed by atoms with Crippen molar-refractivity contribution in [2.24, 2.45) is 0 Å². The van der Waals surface area contributed by atoms with Gasteiger partial charge < -0.3 is 38.8 Å². The van der Waals surface area contributed by atoms with E-state index in [1.807, 2.05) is 19.2 Å². The Kier molecular flexibility index (Phi) is 9.23. The highest BCUT2D eigenvalue weighted by atomic mass is 19.4. The molecule has 2 aromatic carbocycles. The summed E-state index contributed by atoms with van der Waals surface area (Å²) < 4.78 is 60.3. The number of aliphatic carboxylic acids is 1. The first-order valence-electron chi connectivity index (χ1n) is 15.0. The van der Waals surface area contributed by atoms with Gasteiger partial charge in [0, 0.05) is 30.5 Å². The number of alkyl halides is 3. The number of hydrogen-bond acceptors (Lipinski definition) is 11. The summed E-state index contributed by atoms with van der Waals surface area (Å²) in [5.74, 6) is -3.76. The van der Waals surface area contributed by atoms with Crippen LogP contribution in [0.4, 0.5) is 13.2 Å². The molecular formula is C33H34F3NO11. The first-order chi connectivity index (χ1) is 22.5. The summed E-state index contributed by atoms with van der Waals surface area (Å²) >= 11 is 0. The van der Waals surface area contributed by atoms with Crippen molar-refractivity contribution in [3.63, 3.8) is 0 Å². The molecule has 1 fully saturated rings. The quantitative estimate of drug-likeness (QED) is 0.326. The number of rotatable bonds is 7. The van der Waals surface area contributed by atoms with E-state index in [9.17, 15) is 32.7 Å². The number of likely N-dealkylation sites (N-methyl/N-ethyl adjacent to an activating group) is 1. The van der Waals surface area contributed by atoms with Crippen LogP contribution in [0.2, 0.25) is 0 Å². The normalized spacial score (nSPS) is 26.2. The van der Waals surface area contributed by atoms with Gasteiger partial charge in [0.2, 0.25) is 6.10 Å². The summed E-state index contributed by atoms with van der Waals surface area (Å²) in [5.41, 5.74) is 0.437. The van der Waals surface area contributed by atoms with Crippen molar-refractivity contribution in [3.05, 3.63) is 71.0 Å². The summed E-state index contributed by atoms with van der Waals surface area (Å²) in [4.78, 5) is 49.0. The van der Waals surface area contributed by atoms with Crippen molar-refractivity contribution < 1.29 is 66.2 Å². The molecular weight excluding hydrogens is 643 g/mol. The van der Waals surface area contributed by atoms with E-state index in [1.54, 1.807) is 43.5 Å². The zero-order valence-electron chi connectivity index (χ0n) is 26.4. The fourth-order valence-corrected chi connectivity index (χ4v) is 7.12. The lowest BCUT2D eigenvalue weighted by atomic mass is 9.50. The number of halogens is 3. The minimum absolute atomic E-state index is 0.140. The van der Waals surface area contributed by atoms with Gasteiger partial charge in [-0.05, 0) is 51.1 Å². The molecule has 2 N–H and O–H groups in total. The molecule has 48 heavy (non-hydrogen) atoms. The van der Waals surface area contributed by atoms with Crippen molar-refractivity contribution in [2.75, 3.05) is 20.7 Å². The lowest BCUT2D eigenvalue weighted by Crippen LogP contribution is -2.74. The Morgan fingerprint density at radius 3 is 2.33 bits per heavy atom. The molecule has 12 nitrogen and oxygen atoms in total. The van der Waals surface area contributed by atoms with E-state index >= 15 is 0 Å². The molecule has 258 valence electrons. The average Bonchev–Trinajstić information content (AvgIpc) is 3.39. The number of esters is 3.